The van der Waals surface area contributed by atoms with Crippen LogP contribution < -0.4 is 0 Å². The van der Waals surface area contributed by atoms with Gasteiger partial charge in [-0.2, -0.15) is 0 Å². The van der Waals surface area contributed by atoms with Gasteiger partial charge >= 0.3 is 0 Å². The highest BCUT2D eigenvalue weighted by Crippen LogP contribution is 2.27. The van der Waals surface area contributed by atoms with E-state index in [1.165, 1.54) is 6.42 Å². The summed E-state index contributed by atoms with van der Waals surface area (Å²) in [7, 11) is 0. The molecule has 0 fully saturated rings. The van der Waals surface area contributed by atoms with Gasteiger partial charge in [-0.05, 0) is 29.0 Å². The molecule has 1 atom stereocenters. The van der Waals surface area contributed by atoms with Crippen molar-refractivity contribution in [2.24, 2.45) is 5.92 Å². The number of rotatable bonds is 5. The normalized spacial score (nSPS) is 12.5. The van der Waals surface area contributed by atoms with Crippen molar-refractivity contribution in [3.8, 4) is 0 Å². The van der Waals surface area contributed by atoms with E-state index in [4.69, 9.17) is 0 Å². The van der Waals surface area contributed by atoms with E-state index < -0.39 is 0 Å². The van der Waals surface area contributed by atoms with Crippen LogP contribution in [0, 0.1) is 5.92 Å². The van der Waals surface area contributed by atoms with E-state index in [-0.39, 0.29) is 6.61 Å². The molecule has 0 aliphatic carbocycles. The van der Waals surface area contributed by atoms with Crippen molar-refractivity contribution in [3.63, 3.8) is 0 Å². The smallest absolute Gasteiger partial charge is 0.0687 e. The molecule has 0 radical (unpaired) electrons. The van der Waals surface area contributed by atoms with Crippen LogP contribution in [0.15, 0.2) is 30.8 Å². The van der Waals surface area contributed by atoms with Crippen LogP contribution in [-0.4, -0.2) is 5.11 Å². The topological polar surface area (TPSA) is 20.2 Å². The minimum atomic E-state index is 0.0913. The van der Waals surface area contributed by atoms with E-state index in [0.717, 1.165) is 23.1 Å². The Hall–Kier alpha value is -1.08. The molecule has 0 spiro atoms. The van der Waals surface area contributed by atoms with Gasteiger partial charge in [-0.25, -0.2) is 0 Å². The van der Waals surface area contributed by atoms with Crippen LogP contribution in [0.2, 0.25) is 0 Å². The monoisotopic (exact) mass is 204 g/mol. The van der Waals surface area contributed by atoms with E-state index in [2.05, 4.69) is 20.4 Å². The average Bonchev–Trinajstić information content (AvgIpc) is 2.28. The second kappa shape index (κ2) is 5.72. The van der Waals surface area contributed by atoms with Gasteiger partial charge in [0.25, 0.3) is 0 Å². The third-order valence-corrected chi connectivity index (χ3v) is 2.85. The van der Waals surface area contributed by atoms with E-state index in [9.17, 15) is 5.11 Å². The fraction of sp³-hybridized carbons (Fsp3) is 0.429. The van der Waals surface area contributed by atoms with Crippen molar-refractivity contribution < 1.29 is 5.11 Å². The molecule has 0 aliphatic rings. The van der Waals surface area contributed by atoms with Crippen LogP contribution in [0.4, 0.5) is 0 Å². The van der Waals surface area contributed by atoms with Gasteiger partial charge < -0.3 is 5.11 Å². The molecule has 1 rings (SSSR count). The molecular weight excluding hydrogens is 184 g/mol. The first kappa shape index (κ1) is 12.0. The van der Waals surface area contributed by atoms with Crippen LogP contribution in [0.3, 0.4) is 0 Å². The molecule has 0 saturated carbocycles. The predicted octanol–water partition coefficient (Wildman–Crippen LogP) is 3.63. The highest BCUT2D eigenvalue weighted by atomic mass is 16.3. The van der Waals surface area contributed by atoms with Crippen molar-refractivity contribution >= 4 is 5.57 Å². The summed E-state index contributed by atoms with van der Waals surface area (Å²) in [5.41, 5.74) is 3.23. The molecule has 0 aliphatic heterocycles. The summed E-state index contributed by atoms with van der Waals surface area (Å²) in [6.45, 7) is 8.61. The lowest BCUT2D eigenvalue weighted by Gasteiger charge is -2.16. The van der Waals surface area contributed by atoms with E-state index in [1.807, 2.05) is 24.3 Å². The molecule has 0 amide bonds. The third kappa shape index (κ3) is 2.93. The van der Waals surface area contributed by atoms with Crippen LogP contribution in [-0.2, 0) is 6.61 Å². The van der Waals surface area contributed by atoms with Gasteiger partial charge in [-0.1, -0.05) is 51.1 Å². The summed E-state index contributed by atoms with van der Waals surface area (Å²) in [6, 6.07) is 7.95. The highest BCUT2D eigenvalue weighted by molar-refractivity contribution is 5.67. The minimum Gasteiger partial charge on any atom is -0.392 e. The third-order valence-electron chi connectivity index (χ3n) is 2.85. The molecule has 1 unspecified atom stereocenters. The quantitative estimate of drug-likeness (QED) is 0.776. The van der Waals surface area contributed by atoms with Gasteiger partial charge in [0.05, 0.1) is 6.61 Å². The molecule has 0 heterocycles. The zero-order valence-electron chi connectivity index (χ0n) is 9.66. The molecule has 0 saturated heterocycles. The summed E-state index contributed by atoms with van der Waals surface area (Å²) in [6.07, 6.45) is 2.32. The molecule has 82 valence electrons. The molecule has 1 N–H and O–H groups in total. The van der Waals surface area contributed by atoms with E-state index in [0.29, 0.717) is 5.92 Å². The average molecular weight is 204 g/mol. The van der Waals surface area contributed by atoms with Gasteiger partial charge in [0.15, 0.2) is 0 Å². The molecule has 0 bridgehead atoms. The number of hydrogen-bond acceptors (Lipinski definition) is 1. The van der Waals surface area contributed by atoms with Gasteiger partial charge in [-0.3, -0.25) is 0 Å². The van der Waals surface area contributed by atoms with Crippen molar-refractivity contribution in [2.75, 3.05) is 0 Å². The molecule has 1 heteroatoms. The van der Waals surface area contributed by atoms with Crippen LogP contribution in [0.5, 0.6) is 0 Å². The Morgan fingerprint density at radius 3 is 2.67 bits per heavy atom. The van der Waals surface area contributed by atoms with Crippen molar-refractivity contribution in [1.29, 1.82) is 0 Å². The van der Waals surface area contributed by atoms with Crippen LogP contribution >= 0.6 is 0 Å². The highest BCUT2D eigenvalue weighted by Gasteiger charge is 2.10. The fourth-order valence-electron chi connectivity index (χ4n) is 1.84. The lowest BCUT2D eigenvalue weighted by molar-refractivity contribution is 0.281. The first-order valence-electron chi connectivity index (χ1n) is 5.58. The summed E-state index contributed by atoms with van der Waals surface area (Å²) in [5.74, 6) is 0.489. The zero-order chi connectivity index (χ0) is 11.3. The Bertz CT molecular complexity index is 328. The largest absolute Gasteiger partial charge is 0.392 e. The second-order valence-corrected chi connectivity index (χ2v) is 4.03. The SMILES string of the molecule is C=C(c1ccccc1CO)C(C)CCC. The Morgan fingerprint density at radius 2 is 2.07 bits per heavy atom. The molecule has 1 aromatic carbocycles. The van der Waals surface area contributed by atoms with Gasteiger partial charge in [0, 0.05) is 0 Å². The number of aliphatic hydroxyl groups is 1. The lowest BCUT2D eigenvalue weighted by Crippen LogP contribution is -2.00. The Morgan fingerprint density at radius 1 is 1.40 bits per heavy atom. The standard InChI is InChI=1S/C14H20O/c1-4-7-11(2)12(3)14-9-6-5-8-13(14)10-15/h5-6,8-9,11,15H,3-4,7,10H2,1-2H3. The maximum atomic E-state index is 9.24. The Kier molecular flexibility index (Phi) is 4.57. The van der Waals surface area contributed by atoms with Crippen LogP contribution in [0.25, 0.3) is 5.57 Å². The van der Waals surface area contributed by atoms with Gasteiger partial charge in [0.2, 0.25) is 0 Å². The van der Waals surface area contributed by atoms with E-state index in [1.54, 1.807) is 0 Å². The van der Waals surface area contributed by atoms with Crippen molar-refractivity contribution in [1.82, 2.24) is 0 Å². The maximum Gasteiger partial charge on any atom is 0.0687 e. The van der Waals surface area contributed by atoms with Gasteiger partial charge in [-0.15, -0.1) is 0 Å². The maximum absolute atomic E-state index is 9.24. The number of hydrogen-bond donors (Lipinski definition) is 1. The first-order valence-corrected chi connectivity index (χ1v) is 5.58. The molecule has 0 aromatic heterocycles. The summed E-state index contributed by atoms with van der Waals surface area (Å²) >= 11 is 0. The van der Waals surface area contributed by atoms with Crippen LogP contribution in [0.1, 0.15) is 37.8 Å². The Balaban J connectivity index is 2.90. The van der Waals surface area contributed by atoms with Gasteiger partial charge in [0.1, 0.15) is 0 Å². The Labute approximate surface area is 92.5 Å². The minimum absolute atomic E-state index is 0.0913. The first-order chi connectivity index (χ1) is 7.20. The van der Waals surface area contributed by atoms with E-state index >= 15 is 0 Å². The summed E-state index contributed by atoms with van der Waals surface area (Å²) < 4.78 is 0. The molecule has 1 nitrogen and oxygen atoms in total. The molecule has 15 heavy (non-hydrogen) atoms. The summed E-state index contributed by atoms with van der Waals surface area (Å²) in [5, 5.41) is 9.24. The number of aliphatic hydroxyl groups excluding tert-OH is 1. The number of benzene rings is 1. The second-order valence-electron chi connectivity index (χ2n) is 4.03. The zero-order valence-corrected chi connectivity index (χ0v) is 9.66. The number of allylic oxidation sites excluding steroid dienone is 1. The lowest BCUT2D eigenvalue weighted by atomic mass is 9.89. The summed E-state index contributed by atoms with van der Waals surface area (Å²) in [4.78, 5) is 0. The molecular formula is C14H20O. The van der Waals surface area contributed by atoms with Crippen molar-refractivity contribution in [3.05, 3.63) is 42.0 Å². The molecule has 1 aromatic rings. The van der Waals surface area contributed by atoms with Crippen molar-refractivity contribution in [2.45, 2.75) is 33.3 Å². The predicted molar refractivity (Wildman–Crippen MR) is 65.5 cm³/mol. The fourth-order valence-corrected chi connectivity index (χ4v) is 1.84.